The Morgan fingerprint density at radius 1 is 1.19 bits per heavy atom. The fourth-order valence-electron chi connectivity index (χ4n) is 3.48. The fraction of sp³-hybridized carbons (Fsp3) is 0.292. The van der Waals surface area contributed by atoms with Crippen LogP contribution in [-0.4, -0.2) is 37.4 Å². The van der Waals surface area contributed by atoms with E-state index in [-0.39, 0.29) is 12.5 Å². The number of carboxylic acid groups (broad SMARTS) is 1. The number of aromatic nitrogens is 4. The van der Waals surface area contributed by atoms with Crippen LogP contribution < -0.4 is 9.47 Å². The Labute approximate surface area is 185 Å². The SMILES string of the molecule is CCOc1nn(Cc2ccc(OC(C)c3nc4ccccc4[nH]3)cc2)cc1CCC(=O)O. The molecule has 0 aliphatic carbocycles. The number of aromatic amines is 1. The zero-order valence-electron chi connectivity index (χ0n) is 18.1. The Kier molecular flexibility index (Phi) is 6.39. The zero-order valence-corrected chi connectivity index (χ0v) is 18.1. The summed E-state index contributed by atoms with van der Waals surface area (Å²) in [5, 5.41) is 13.4. The van der Waals surface area contributed by atoms with Crippen LogP contribution in [0, 0.1) is 0 Å². The van der Waals surface area contributed by atoms with E-state index in [2.05, 4.69) is 15.1 Å². The monoisotopic (exact) mass is 434 g/mol. The Bertz CT molecular complexity index is 1160. The number of rotatable bonds is 10. The van der Waals surface area contributed by atoms with Gasteiger partial charge in [-0.25, -0.2) is 4.98 Å². The highest BCUT2D eigenvalue weighted by atomic mass is 16.5. The van der Waals surface area contributed by atoms with E-state index in [9.17, 15) is 4.79 Å². The number of nitrogens with zero attached hydrogens (tertiary/aromatic N) is 3. The number of aliphatic carboxylic acids is 1. The first-order valence-corrected chi connectivity index (χ1v) is 10.6. The molecule has 1 atom stereocenters. The number of nitrogens with one attached hydrogen (secondary N) is 1. The number of H-pyrrole nitrogens is 1. The molecule has 2 N–H and O–H groups in total. The molecule has 0 spiro atoms. The van der Waals surface area contributed by atoms with Crippen LogP contribution in [0.2, 0.25) is 0 Å². The molecule has 166 valence electrons. The lowest BCUT2D eigenvalue weighted by atomic mass is 10.2. The maximum absolute atomic E-state index is 10.9. The number of aryl methyl sites for hydroxylation is 1. The normalized spacial score (nSPS) is 12.1. The third-order valence-electron chi connectivity index (χ3n) is 5.06. The number of fused-ring (bicyclic) bond motifs is 1. The summed E-state index contributed by atoms with van der Waals surface area (Å²) in [5.41, 5.74) is 3.75. The number of benzene rings is 2. The highest BCUT2D eigenvalue weighted by Crippen LogP contribution is 2.23. The number of carbonyl (C=O) groups is 1. The van der Waals surface area contributed by atoms with Crippen molar-refractivity contribution in [3.05, 3.63) is 71.7 Å². The van der Waals surface area contributed by atoms with Gasteiger partial charge in [0.05, 0.1) is 24.2 Å². The van der Waals surface area contributed by atoms with Crippen molar-refractivity contribution < 1.29 is 19.4 Å². The van der Waals surface area contributed by atoms with Gasteiger partial charge in [0.1, 0.15) is 11.6 Å². The van der Waals surface area contributed by atoms with Crippen molar-refractivity contribution in [1.82, 2.24) is 19.7 Å². The molecule has 0 aliphatic rings. The molecule has 4 rings (SSSR count). The molecule has 32 heavy (non-hydrogen) atoms. The Morgan fingerprint density at radius 3 is 2.69 bits per heavy atom. The first kappa shape index (κ1) is 21.4. The van der Waals surface area contributed by atoms with Crippen molar-refractivity contribution in [1.29, 1.82) is 0 Å². The van der Waals surface area contributed by atoms with Crippen LogP contribution in [0.15, 0.2) is 54.7 Å². The minimum absolute atomic E-state index is 0.0429. The molecule has 0 saturated heterocycles. The maximum atomic E-state index is 10.9. The van der Waals surface area contributed by atoms with E-state index in [0.717, 1.165) is 33.7 Å². The van der Waals surface area contributed by atoms with Crippen molar-refractivity contribution >= 4 is 17.0 Å². The van der Waals surface area contributed by atoms with Gasteiger partial charge in [0.15, 0.2) is 6.10 Å². The summed E-state index contributed by atoms with van der Waals surface area (Å²) in [4.78, 5) is 18.8. The topological polar surface area (TPSA) is 102 Å². The third kappa shape index (κ3) is 5.08. The van der Waals surface area contributed by atoms with Crippen LogP contribution in [0.5, 0.6) is 11.6 Å². The number of para-hydroxylation sites is 2. The Morgan fingerprint density at radius 2 is 1.97 bits per heavy atom. The molecule has 0 saturated carbocycles. The first-order valence-electron chi connectivity index (χ1n) is 10.6. The van der Waals surface area contributed by atoms with E-state index >= 15 is 0 Å². The summed E-state index contributed by atoms with van der Waals surface area (Å²) >= 11 is 0. The van der Waals surface area contributed by atoms with E-state index in [0.29, 0.717) is 25.5 Å². The average Bonchev–Trinajstić information content (AvgIpc) is 3.38. The van der Waals surface area contributed by atoms with E-state index < -0.39 is 5.97 Å². The highest BCUT2D eigenvalue weighted by Gasteiger charge is 2.14. The van der Waals surface area contributed by atoms with Crippen molar-refractivity contribution in [2.75, 3.05) is 6.61 Å². The molecule has 0 fully saturated rings. The van der Waals surface area contributed by atoms with Crippen molar-refractivity contribution in [2.45, 2.75) is 39.3 Å². The van der Waals surface area contributed by atoms with Gasteiger partial charge in [-0.15, -0.1) is 5.10 Å². The molecule has 8 nitrogen and oxygen atoms in total. The summed E-state index contributed by atoms with van der Waals surface area (Å²) in [7, 11) is 0. The molecule has 8 heteroatoms. The van der Waals surface area contributed by atoms with Crippen LogP contribution in [0.3, 0.4) is 0 Å². The standard InChI is InChI=1S/C24H26N4O4/c1-3-31-24-18(10-13-22(29)30)15-28(27-24)14-17-8-11-19(12-9-17)32-16(2)23-25-20-6-4-5-7-21(20)26-23/h4-9,11-12,15-16H,3,10,13-14H2,1-2H3,(H,25,26)(H,29,30). The van der Waals surface area contributed by atoms with Crippen molar-refractivity contribution in [3.63, 3.8) is 0 Å². The molecule has 2 aromatic heterocycles. The molecule has 2 aromatic carbocycles. The lowest BCUT2D eigenvalue weighted by Crippen LogP contribution is -2.05. The predicted octanol–water partition coefficient (Wildman–Crippen LogP) is 4.36. The number of imidazole rings is 1. The van der Waals surface area contributed by atoms with Gasteiger partial charge >= 0.3 is 5.97 Å². The van der Waals surface area contributed by atoms with Gasteiger partial charge in [0.2, 0.25) is 5.88 Å². The summed E-state index contributed by atoms with van der Waals surface area (Å²) < 4.78 is 13.4. The van der Waals surface area contributed by atoms with E-state index in [4.69, 9.17) is 14.6 Å². The molecule has 2 heterocycles. The molecule has 1 unspecified atom stereocenters. The second-order valence-electron chi connectivity index (χ2n) is 7.53. The highest BCUT2D eigenvalue weighted by molar-refractivity contribution is 5.74. The quantitative estimate of drug-likeness (QED) is 0.384. The minimum Gasteiger partial charge on any atom is -0.483 e. The predicted molar refractivity (Wildman–Crippen MR) is 120 cm³/mol. The smallest absolute Gasteiger partial charge is 0.303 e. The summed E-state index contributed by atoms with van der Waals surface area (Å²) in [5.74, 6) is 1.18. The summed E-state index contributed by atoms with van der Waals surface area (Å²) in [6.45, 7) is 4.87. The largest absolute Gasteiger partial charge is 0.483 e. The lowest BCUT2D eigenvalue weighted by molar-refractivity contribution is -0.136. The van der Waals surface area contributed by atoms with Gasteiger partial charge in [-0.2, -0.15) is 0 Å². The maximum Gasteiger partial charge on any atom is 0.303 e. The minimum atomic E-state index is -0.840. The second kappa shape index (κ2) is 9.55. The van der Waals surface area contributed by atoms with Crippen LogP contribution in [-0.2, 0) is 17.8 Å². The number of carboxylic acids is 1. The third-order valence-corrected chi connectivity index (χ3v) is 5.06. The van der Waals surface area contributed by atoms with Crippen molar-refractivity contribution in [3.8, 4) is 11.6 Å². The molecule has 4 aromatic rings. The molecule has 0 bridgehead atoms. The van der Waals surface area contributed by atoms with E-state index in [1.54, 1.807) is 4.68 Å². The van der Waals surface area contributed by atoms with E-state index in [1.807, 2.05) is 68.6 Å². The molecule has 0 radical (unpaired) electrons. The van der Waals surface area contributed by atoms with Gasteiger partial charge in [-0.1, -0.05) is 24.3 Å². The Balaban J connectivity index is 1.41. The number of hydrogen-bond acceptors (Lipinski definition) is 5. The van der Waals surface area contributed by atoms with Gasteiger partial charge in [-0.05, 0) is 50.1 Å². The summed E-state index contributed by atoms with van der Waals surface area (Å²) in [6.07, 6.45) is 2.06. The fourth-order valence-corrected chi connectivity index (χ4v) is 3.48. The number of hydrogen-bond donors (Lipinski definition) is 2. The van der Waals surface area contributed by atoms with Crippen molar-refractivity contribution in [2.24, 2.45) is 0 Å². The van der Waals surface area contributed by atoms with Crippen LogP contribution in [0.4, 0.5) is 0 Å². The molecular formula is C24H26N4O4. The first-order chi connectivity index (χ1) is 15.5. The zero-order chi connectivity index (χ0) is 22.5. The van der Waals surface area contributed by atoms with Crippen LogP contribution >= 0.6 is 0 Å². The lowest BCUT2D eigenvalue weighted by Gasteiger charge is -2.13. The summed E-state index contributed by atoms with van der Waals surface area (Å²) in [6, 6.07) is 15.7. The van der Waals surface area contributed by atoms with Crippen LogP contribution in [0.1, 0.15) is 43.3 Å². The molecule has 0 aliphatic heterocycles. The second-order valence-corrected chi connectivity index (χ2v) is 7.53. The van der Waals surface area contributed by atoms with Gasteiger partial charge in [0.25, 0.3) is 0 Å². The van der Waals surface area contributed by atoms with Gasteiger partial charge in [0, 0.05) is 18.2 Å². The molecular weight excluding hydrogens is 408 g/mol. The average molecular weight is 434 g/mol. The Hall–Kier alpha value is -3.81. The van der Waals surface area contributed by atoms with E-state index in [1.165, 1.54) is 0 Å². The number of ether oxygens (including phenoxy) is 2. The van der Waals surface area contributed by atoms with Crippen LogP contribution in [0.25, 0.3) is 11.0 Å². The van der Waals surface area contributed by atoms with Gasteiger partial charge < -0.3 is 19.6 Å². The molecule has 0 amide bonds. The van der Waals surface area contributed by atoms with Gasteiger partial charge in [-0.3, -0.25) is 9.48 Å².